The summed E-state index contributed by atoms with van der Waals surface area (Å²) in [5.74, 6) is 0.904. The maximum absolute atomic E-state index is 2.57. The van der Waals surface area contributed by atoms with E-state index in [0.29, 0.717) is 10.8 Å². The molecule has 0 spiro atoms. The minimum atomic E-state index is 0.524. The van der Waals surface area contributed by atoms with Crippen molar-refractivity contribution >= 4 is 0 Å². The molecule has 1 fully saturated rings. The van der Waals surface area contributed by atoms with Gasteiger partial charge in [0.1, 0.15) is 0 Å². The van der Waals surface area contributed by atoms with Gasteiger partial charge >= 0.3 is 0 Å². The lowest BCUT2D eigenvalue weighted by atomic mass is 9.67. The first-order valence-electron chi connectivity index (χ1n) is 8.21. The molecule has 0 saturated heterocycles. The molecule has 2 rings (SSSR count). The van der Waals surface area contributed by atoms with E-state index in [1.807, 2.05) is 11.1 Å². The Labute approximate surface area is 114 Å². The van der Waals surface area contributed by atoms with Crippen molar-refractivity contribution in [3.63, 3.8) is 0 Å². The van der Waals surface area contributed by atoms with E-state index in [2.05, 4.69) is 34.6 Å². The second-order valence-electron chi connectivity index (χ2n) is 7.36. The molecule has 2 atom stereocenters. The summed E-state index contributed by atoms with van der Waals surface area (Å²) in [7, 11) is 0. The number of allylic oxidation sites excluding steroid dienone is 2. The lowest BCUT2D eigenvalue weighted by molar-refractivity contribution is 0.165. The van der Waals surface area contributed by atoms with Gasteiger partial charge in [-0.2, -0.15) is 0 Å². The fourth-order valence-corrected chi connectivity index (χ4v) is 4.70. The zero-order valence-electron chi connectivity index (χ0n) is 13.2. The summed E-state index contributed by atoms with van der Waals surface area (Å²) in [4.78, 5) is 0. The molecule has 2 aliphatic rings. The molecule has 0 nitrogen and oxygen atoms in total. The summed E-state index contributed by atoms with van der Waals surface area (Å²) in [5, 5.41) is 0. The average Bonchev–Trinajstić information content (AvgIpc) is 2.64. The smallest absolute Gasteiger partial charge is 0.00565 e. The molecule has 0 radical (unpaired) electrons. The van der Waals surface area contributed by atoms with Crippen LogP contribution in [0, 0.1) is 16.7 Å². The third-order valence-corrected chi connectivity index (χ3v) is 6.28. The van der Waals surface area contributed by atoms with E-state index in [1.165, 1.54) is 51.4 Å². The largest absolute Gasteiger partial charge is 0.0668 e. The molecule has 2 bridgehead atoms. The molecule has 0 heteroatoms. The van der Waals surface area contributed by atoms with E-state index >= 15 is 0 Å². The molecule has 0 aliphatic heterocycles. The number of unbranched alkanes of at least 4 members (excludes halogenated alkanes) is 2. The number of hydrogen-bond donors (Lipinski definition) is 0. The zero-order chi connectivity index (χ0) is 13.4. The van der Waals surface area contributed by atoms with Gasteiger partial charge in [-0.05, 0) is 55.3 Å². The highest BCUT2D eigenvalue weighted by Crippen LogP contribution is 2.69. The van der Waals surface area contributed by atoms with Crippen molar-refractivity contribution in [3.8, 4) is 0 Å². The minimum absolute atomic E-state index is 0.524. The molecule has 0 aromatic heterocycles. The van der Waals surface area contributed by atoms with E-state index in [1.54, 1.807) is 0 Å². The second-order valence-corrected chi connectivity index (χ2v) is 7.36. The Morgan fingerprint density at radius 3 is 2.22 bits per heavy atom. The second kappa shape index (κ2) is 5.02. The fraction of sp³-hybridized carbons (Fsp3) is 0.889. The maximum Gasteiger partial charge on any atom is -0.00565 e. The SMILES string of the molecule is CCCCC1=C(CCCC)C2(C)CCC1C2(C)C. The first-order valence-corrected chi connectivity index (χ1v) is 8.21. The van der Waals surface area contributed by atoms with Gasteiger partial charge in [0.15, 0.2) is 0 Å². The summed E-state index contributed by atoms with van der Waals surface area (Å²) in [6, 6.07) is 0. The molecule has 0 aromatic carbocycles. The molecule has 0 N–H and O–H groups in total. The standard InChI is InChI=1S/C18H32/c1-6-8-10-14-15-12-13-18(5,17(15,3)4)16(14)11-9-7-2/h15H,6-13H2,1-5H3. The summed E-state index contributed by atoms with van der Waals surface area (Å²) in [6.45, 7) is 12.3. The molecular weight excluding hydrogens is 216 g/mol. The molecule has 0 heterocycles. The van der Waals surface area contributed by atoms with Gasteiger partial charge < -0.3 is 0 Å². The van der Waals surface area contributed by atoms with Crippen molar-refractivity contribution < 1.29 is 0 Å². The molecule has 2 aliphatic carbocycles. The molecule has 18 heavy (non-hydrogen) atoms. The number of hydrogen-bond acceptors (Lipinski definition) is 0. The maximum atomic E-state index is 2.57. The van der Waals surface area contributed by atoms with Crippen molar-refractivity contribution in [3.05, 3.63) is 11.1 Å². The van der Waals surface area contributed by atoms with Gasteiger partial charge in [0.05, 0.1) is 0 Å². The monoisotopic (exact) mass is 248 g/mol. The highest BCUT2D eigenvalue weighted by atomic mass is 14.6. The Balaban J connectivity index is 2.29. The summed E-state index contributed by atoms with van der Waals surface area (Å²) < 4.78 is 0. The average molecular weight is 248 g/mol. The van der Waals surface area contributed by atoms with Crippen molar-refractivity contribution in [1.29, 1.82) is 0 Å². The third kappa shape index (κ3) is 1.87. The van der Waals surface area contributed by atoms with Gasteiger partial charge in [-0.1, -0.05) is 58.6 Å². The van der Waals surface area contributed by atoms with Crippen molar-refractivity contribution in [2.75, 3.05) is 0 Å². The fourth-order valence-electron chi connectivity index (χ4n) is 4.70. The van der Waals surface area contributed by atoms with Crippen molar-refractivity contribution in [1.82, 2.24) is 0 Å². The van der Waals surface area contributed by atoms with Gasteiger partial charge in [0, 0.05) is 0 Å². The summed E-state index contributed by atoms with van der Waals surface area (Å²) in [5.41, 5.74) is 4.83. The Bertz CT molecular complexity index is 334. The van der Waals surface area contributed by atoms with Crippen molar-refractivity contribution in [2.24, 2.45) is 16.7 Å². The third-order valence-electron chi connectivity index (χ3n) is 6.28. The Morgan fingerprint density at radius 2 is 1.61 bits per heavy atom. The van der Waals surface area contributed by atoms with Crippen LogP contribution in [0.2, 0.25) is 0 Å². The zero-order valence-corrected chi connectivity index (χ0v) is 13.2. The van der Waals surface area contributed by atoms with E-state index in [9.17, 15) is 0 Å². The van der Waals surface area contributed by atoms with E-state index in [4.69, 9.17) is 0 Å². The van der Waals surface area contributed by atoms with Crippen LogP contribution < -0.4 is 0 Å². The highest BCUT2D eigenvalue weighted by Gasteiger charge is 2.59. The van der Waals surface area contributed by atoms with Crippen LogP contribution in [-0.2, 0) is 0 Å². The summed E-state index contributed by atoms with van der Waals surface area (Å²) in [6.07, 6.45) is 11.1. The summed E-state index contributed by atoms with van der Waals surface area (Å²) >= 11 is 0. The van der Waals surface area contributed by atoms with Crippen LogP contribution in [0.5, 0.6) is 0 Å². The van der Waals surface area contributed by atoms with Crippen LogP contribution in [0.4, 0.5) is 0 Å². The lowest BCUT2D eigenvalue weighted by Crippen LogP contribution is -2.30. The van der Waals surface area contributed by atoms with Crippen molar-refractivity contribution in [2.45, 2.75) is 86.0 Å². The lowest BCUT2D eigenvalue weighted by Gasteiger charge is -2.37. The minimum Gasteiger partial charge on any atom is -0.0668 e. The first-order chi connectivity index (χ1) is 8.49. The molecule has 2 unspecified atom stereocenters. The molecule has 104 valence electrons. The molecule has 0 aromatic rings. The van der Waals surface area contributed by atoms with Crippen LogP contribution in [-0.4, -0.2) is 0 Å². The van der Waals surface area contributed by atoms with Crippen LogP contribution in [0.15, 0.2) is 11.1 Å². The van der Waals surface area contributed by atoms with Crippen LogP contribution in [0.25, 0.3) is 0 Å². The van der Waals surface area contributed by atoms with Crippen LogP contribution >= 0.6 is 0 Å². The number of rotatable bonds is 6. The Morgan fingerprint density at radius 1 is 1.00 bits per heavy atom. The Kier molecular flexibility index (Phi) is 3.95. The van der Waals surface area contributed by atoms with E-state index < -0.39 is 0 Å². The topological polar surface area (TPSA) is 0 Å². The van der Waals surface area contributed by atoms with Gasteiger partial charge in [-0.25, -0.2) is 0 Å². The Hall–Kier alpha value is -0.260. The van der Waals surface area contributed by atoms with Gasteiger partial charge in [0.25, 0.3) is 0 Å². The van der Waals surface area contributed by atoms with E-state index in [0.717, 1.165) is 5.92 Å². The van der Waals surface area contributed by atoms with Gasteiger partial charge in [-0.3, -0.25) is 0 Å². The van der Waals surface area contributed by atoms with Crippen LogP contribution in [0.3, 0.4) is 0 Å². The van der Waals surface area contributed by atoms with Crippen LogP contribution in [0.1, 0.15) is 86.0 Å². The van der Waals surface area contributed by atoms with Gasteiger partial charge in [0.2, 0.25) is 0 Å². The van der Waals surface area contributed by atoms with Gasteiger partial charge in [-0.15, -0.1) is 0 Å². The molecule has 0 amide bonds. The van der Waals surface area contributed by atoms with E-state index in [-0.39, 0.29) is 0 Å². The predicted octanol–water partition coefficient (Wildman–Crippen LogP) is 6.12. The number of fused-ring (bicyclic) bond motifs is 2. The quantitative estimate of drug-likeness (QED) is 0.497. The normalized spacial score (nSPS) is 33.5. The highest BCUT2D eigenvalue weighted by molar-refractivity contribution is 5.38. The molecular formula is C18H32. The first kappa shape index (κ1) is 14.2. The predicted molar refractivity (Wildman–Crippen MR) is 80.7 cm³/mol. The molecule has 1 saturated carbocycles.